The number of fused-ring (bicyclic) bond motifs is 1. The van der Waals surface area contributed by atoms with Crippen LogP contribution in [-0.2, 0) is 28.8 Å². The fourth-order valence-corrected chi connectivity index (χ4v) is 2.01. The highest BCUT2D eigenvalue weighted by atomic mass is 19.4. The summed E-state index contributed by atoms with van der Waals surface area (Å²) >= 11 is 0. The quantitative estimate of drug-likeness (QED) is 0.794. The summed E-state index contributed by atoms with van der Waals surface area (Å²) in [5.74, 6) is -0.874. The van der Waals surface area contributed by atoms with E-state index in [2.05, 4.69) is 10.2 Å². The minimum absolute atomic E-state index is 0.00298. The molecule has 2 rings (SSSR count). The Morgan fingerprint density at radius 3 is 2.74 bits per heavy atom. The number of hydrogen-bond donors (Lipinski definition) is 0. The molecule has 0 unspecified atom stereocenters. The molecular weight excluding hydrogens is 265 g/mol. The first-order valence-electron chi connectivity index (χ1n) is 5.64. The Hall–Kier alpha value is -1.48. The van der Waals surface area contributed by atoms with Gasteiger partial charge in [0.1, 0.15) is 12.4 Å². The van der Waals surface area contributed by atoms with Gasteiger partial charge in [-0.05, 0) is 0 Å². The largest absolute Gasteiger partial charge is 0.451 e. The molecule has 19 heavy (non-hydrogen) atoms. The maximum absolute atomic E-state index is 12.6. The summed E-state index contributed by atoms with van der Waals surface area (Å²) in [6.45, 7) is 0.790. The van der Waals surface area contributed by atoms with Gasteiger partial charge in [-0.15, -0.1) is 10.2 Å². The summed E-state index contributed by atoms with van der Waals surface area (Å²) in [5.41, 5.74) is 0. The lowest BCUT2D eigenvalue weighted by molar-refractivity contribution is -0.148. The number of rotatable bonds is 4. The van der Waals surface area contributed by atoms with Gasteiger partial charge in [0.05, 0.1) is 13.1 Å². The zero-order valence-electron chi connectivity index (χ0n) is 10.3. The van der Waals surface area contributed by atoms with Crippen LogP contribution in [0.25, 0.3) is 0 Å². The summed E-state index contributed by atoms with van der Waals surface area (Å²) in [6.07, 6.45) is -4.50. The molecule has 0 spiro atoms. The number of alkyl halides is 3. The molecule has 106 valence electrons. The van der Waals surface area contributed by atoms with E-state index in [4.69, 9.17) is 4.74 Å². The molecule has 1 aliphatic rings. The molecule has 0 saturated heterocycles. The van der Waals surface area contributed by atoms with Crippen molar-refractivity contribution in [2.45, 2.75) is 19.3 Å². The number of carbonyl (C=O) groups is 1. The van der Waals surface area contributed by atoms with Crippen molar-refractivity contribution in [3.05, 3.63) is 11.6 Å². The van der Waals surface area contributed by atoms with E-state index < -0.39 is 12.0 Å². The Kier molecular flexibility index (Phi) is 3.85. The van der Waals surface area contributed by atoms with Gasteiger partial charge in [-0.2, -0.15) is 13.2 Å². The van der Waals surface area contributed by atoms with Crippen LogP contribution in [0, 0.1) is 0 Å². The van der Waals surface area contributed by atoms with Crippen molar-refractivity contribution in [2.24, 2.45) is 0 Å². The lowest BCUT2D eigenvalue weighted by Crippen LogP contribution is -2.39. The van der Waals surface area contributed by atoms with Crippen LogP contribution >= 0.6 is 0 Å². The van der Waals surface area contributed by atoms with Gasteiger partial charge in [-0.3, -0.25) is 9.69 Å². The number of aromatic nitrogens is 3. The average molecular weight is 278 g/mol. The van der Waals surface area contributed by atoms with Crippen molar-refractivity contribution in [3.8, 4) is 0 Å². The summed E-state index contributed by atoms with van der Waals surface area (Å²) in [7, 11) is 1.42. The molecule has 1 aliphatic heterocycles. The molecule has 0 aliphatic carbocycles. The predicted molar refractivity (Wildman–Crippen MR) is 57.2 cm³/mol. The number of carbonyl (C=O) groups excluding carboxylic acids is 1. The van der Waals surface area contributed by atoms with E-state index >= 15 is 0 Å². The van der Waals surface area contributed by atoms with Gasteiger partial charge in [-0.25, -0.2) is 0 Å². The molecular formula is C10H13F3N4O2. The minimum Gasteiger partial charge on any atom is -0.377 e. The van der Waals surface area contributed by atoms with Gasteiger partial charge < -0.3 is 9.30 Å². The van der Waals surface area contributed by atoms with Gasteiger partial charge in [0.25, 0.3) is 0 Å². The van der Waals surface area contributed by atoms with Crippen molar-refractivity contribution in [1.29, 1.82) is 0 Å². The van der Waals surface area contributed by atoms with Crippen LogP contribution in [0.3, 0.4) is 0 Å². The monoisotopic (exact) mass is 278 g/mol. The fraction of sp³-hybridized carbons (Fsp3) is 0.700. The van der Waals surface area contributed by atoms with Gasteiger partial charge in [0.2, 0.25) is 5.82 Å². The highest BCUT2D eigenvalue weighted by molar-refractivity contribution is 5.81. The summed E-state index contributed by atoms with van der Waals surface area (Å²) < 4.78 is 43.6. The zero-order valence-corrected chi connectivity index (χ0v) is 10.3. The average Bonchev–Trinajstić information content (AvgIpc) is 2.71. The maximum Gasteiger partial charge on any atom is 0.451 e. The molecule has 0 N–H and O–H groups in total. The number of methoxy groups -OCH3 is 1. The Morgan fingerprint density at radius 2 is 2.11 bits per heavy atom. The second-order valence-electron chi connectivity index (χ2n) is 4.27. The van der Waals surface area contributed by atoms with Crippen molar-refractivity contribution in [2.75, 3.05) is 26.8 Å². The van der Waals surface area contributed by atoms with Crippen LogP contribution in [0.2, 0.25) is 0 Å². The van der Waals surface area contributed by atoms with E-state index in [0.717, 1.165) is 4.57 Å². The number of hydrogen-bond acceptors (Lipinski definition) is 5. The molecule has 0 radical (unpaired) electrons. The Balaban J connectivity index is 2.05. The van der Waals surface area contributed by atoms with Crippen LogP contribution < -0.4 is 0 Å². The topological polar surface area (TPSA) is 60.2 Å². The number of halogens is 3. The Bertz CT molecular complexity index is 472. The molecule has 9 heteroatoms. The Labute approximate surface area is 107 Å². The van der Waals surface area contributed by atoms with Crippen molar-refractivity contribution in [3.63, 3.8) is 0 Å². The second-order valence-corrected chi connectivity index (χ2v) is 4.27. The highest BCUT2D eigenvalue weighted by Crippen LogP contribution is 2.29. The second kappa shape index (κ2) is 5.25. The van der Waals surface area contributed by atoms with Crippen LogP contribution in [0.5, 0.6) is 0 Å². The third-order valence-corrected chi connectivity index (χ3v) is 2.79. The smallest absolute Gasteiger partial charge is 0.377 e. The lowest BCUT2D eigenvalue weighted by Gasteiger charge is -2.27. The first-order chi connectivity index (χ1) is 8.91. The van der Waals surface area contributed by atoms with Gasteiger partial charge in [-0.1, -0.05) is 0 Å². The lowest BCUT2D eigenvalue weighted by atomic mass is 10.3. The van der Waals surface area contributed by atoms with Crippen LogP contribution in [0.15, 0.2) is 0 Å². The number of Topliss-reactive ketones (excluding diaryl/α,β-unsaturated/α-hetero) is 1. The molecule has 0 bridgehead atoms. The Morgan fingerprint density at radius 1 is 1.37 bits per heavy atom. The highest BCUT2D eigenvalue weighted by Gasteiger charge is 2.39. The third-order valence-electron chi connectivity index (χ3n) is 2.79. The van der Waals surface area contributed by atoms with Crippen molar-refractivity contribution < 1.29 is 22.7 Å². The summed E-state index contributed by atoms with van der Waals surface area (Å²) in [5, 5.41) is 6.71. The van der Waals surface area contributed by atoms with Gasteiger partial charge in [0, 0.05) is 20.2 Å². The van der Waals surface area contributed by atoms with E-state index in [1.807, 2.05) is 0 Å². The molecule has 1 aromatic rings. The number of ketones is 1. The predicted octanol–water partition coefficient (Wildman–Crippen LogP) is 0.328. The molecule has 1 aromatic heterocycles. The standard InChI is InChI=1S/C10H13F3N4O2/c1-19-6-7(18)4-16-2-3-17-8(5-16)14-15-9(17)10(11,12)13/h2-6H2,1H3. The zero-order chi connectivity index (χ0) is 14.0. The van der Waals surface area contributed by atoms with Crippen molar-refractivity contribution >= 4 is 5.78 Å². The minimum atomic E-state index is -4.50. The number of nitrogens with zero attached hydrogens (tertiary/aromatic N) is 4. The third kappa shape index (κ3) is 3.10. The first-order valence-corrected chi connectivity index (χ1v) is 5.64. The van der Waals surface area contributed by atoms with E-state index in [1.165, 1.54) is 7.11 Å². The maximum atomic E-state index is 12.6. The molecule has 0 saturated carbocycles. The fourth-order valence-electron chi connectivity index (χ4n) is 2.01. The van der Waals surface area contributed by atoms with Crippen LogP contribution in [-0.4, -0.2) is 52.3 Å². The normalized spacial score (nSPS) is 16.4. The van der Waals surface area contributed by atoms with E-state index in [9.17, 15) is 18.0 Å². The van der Waals surface area contributed by atoms with E-state index in [0.29, 0.717) is 6.54 Å². The van der Waals surface area contributed by atoms with Crippen molar-refractivity contribution in [1.82, 2.24) is 19.7 Å². The molecule has 0 atom stereocenters. The van der Waals surface area contributed by atoms with Crippen LogP contribution in [0.1, 0.15) is 11.6 Å². The molecule has 0 aromatic carbocycles. The molecule has 6 nitrogen and oxygen atoms in total. The van der Waals surface area contributed by atoms with Gasteiger partial charge in [0.15, 0.2) is 5.78 Å². The molecule has 0 fully saturated rings. The molecule has 0 amide bonds. The van der Waals surface area contributed by atoms with Crippen LogP contribution in [0.4, 0.5) is 13.2 Å². The summed E-state index contributed by atoms with van der Waals surface area (Å²) in [6, 6.07) is 0. The first kappa shape index (κ1) is 13.9. The SMILES string of the molecule is COCC(=O)CN1CCn2c(nnc2C(F)(F)F)C1. The van der Waals surface area contributed by atoms with Gasteiger partial charge >= 0.3 is 6.18 Å². The van der Waals surface area contributed by atoms with E-state index in [-0.39, 0.29) is 37.8 Å². The molecule has 2 heterocycles. The van der Waals surface area contributed by atoms with E-state index in [1.54, 1.807) is 4.90 Å². The number of ether oxygens (including phenoxy) is 1. The summed E-state index contributed by atoms with van der Waals surface area (Å²) in [4.78, 5) is 13.1.